The molecule has 3 nitrogen and oxygen atoms in total. The van der Waals surface area contributed by atoms with Crippen molar-refractivity contribution in [2.75, 3.05) is 6.54 Å². The van der Waals surface area contributed by atoms with Gasteiger partial charge in [-0.15, -0.1) is 12.4 Å². The van der Waals surface area contributed by atoms with Crippen molar-refractivity contribution in [3.05, 3.63) is 0 Å². The summed E-state index contributed by atoms with van der Waals surface area (Å²) in [6.45, 7) is 7.13. The van der Waals surface area contributed by atoms with Crippen LogP contribution in [0, 0.1) is 5.92 Å². The molecule has 0 spiro atoms. The van der Waals surface area contributed by atoms with E-state index in [9.17, 15) is 4.79 Å². The van der Waals surface area contributed by atoms with Gasteiger partial charge in [0, 0.05) is 12.1 Å². The Balaban J connectivity index is 0.00000169. The number of nitrogens with one attached hydrogen (secondary N) is 2. The van der Waals surface area contributed by atoms with Crippen LogP contribution in [0.25, 0.3) is 0 Å². The van der Waals surface area contributed by atoms with E-state index in [1.807, 2.05) is 13.8 Å². The number of halogens is 1. The van der Waals surface area contributed by atoms with Crippen LogP contribution in [0.1, 0.15) is 33.6 Å². The zero-order valence-corrected chi connectivity index (χ0v) is 9.99. The Kier molecular flexibility index (Phi) is 6.12. The Morgan fingerprint density at radius 3 is 2.64 bits per heavy atom. The maximum atomic E-state index is 11.7. The van der Waals surface area contributed by atoms with E-state index in [0.29, 0.717) is 6.04 Å². The third-order valence-electron chi connectivity index (χ3n) is 2.53. The van der Waals surface area contributed by atoms with E-state index in [1.54, 1.807) is 0 Å². The summed E-state index contributed by atoms with van der Waals surface area (Å²) in [6.07, 6.45) is 2.13. The fraction of sp³-hybridized carbons (Fsp3) is 0.900. The van der Waals surface area contributed by atoms with E-state index in [2.05, 4.69) is 17.6 Å². The van der Waals surface area contributed by atoms with E-state index < -0.39 is 0 Å². The number of amides is 1. The summed E-state index contributed by atoms with van der Waals surface area (Å²) in [6, 6.07) is 0.578. The Morgan fingerprint density at radius 2 is 2.14 bits per heavy atom. The molecule has 0 aromatic rings. The minimum absolute atomic E-state index is 0. The van der Waals surface area contributed by atoms with Gasteiger partial charge in [0.15, 0.2) is 0 Å². The van der Waals surface area contributed by atoms with Crippen LogP contribution in [-0.4, -0.2) is 24.5 Å². The van der Waals surface area contributed by atoms with Crippen LogP contribution >= 0.6 is 12.4 Å². The van der Waals surface area contributed by atoms with Crippen molar-refractivity contribution < 1.29 is 4.79 Å². The topological polar surface area (TPSA) is 41.1 Å². The highest BCUT2D eigenvalue weighted by Crippen LogP contribution is 2.16. The number of carbonyl (C=O) groups is 1. The first-order valence-electron chi connectivity index (χ1n) is 5.15. The van der Waals surface area contributed by atoms with E-state index in [4.69, 9.17) is 0 Å². The molecule has 2 atom stereocenters. The van der Waals surface area contributed by atoms with Crippen molar-refractivity contribution in [2.45, 2.75) is 45.7 Å². The molecule has 14 heavy (non-hydrogen) atoms. The number of carbonyl (C=O) groups excluding carboxylic acids is 1. The molecule has 1 fully saturated rings. The maximum absolute atomic E-state index is 11.7. The predicted molar refractivity (Wildman–Crippen MR) is 60.7 cm³/mol. The molecule has 0 saturated carbocycles. The van der Waals surface area contributed by atoms with Crippen LogP contribution in [0.4, 0.5) is 0 Å². The molecule has 1 heterocycles. The Bertz CT molecular complexity index is 185. The minimum atomic E-state index is 0. The molecule has 1 aliphatic heterocycles. The lowest BCUT2D eigenvalue weighted by Crippen LogP contribution is -2.48. The van der Waals surface area contributed by atoms with Crippen molar-refractivity contribution in [3.8, 4) is 0 Å². The van der Waals surface area contributed by atoms with Gasteiger partial charge in [-0.05, 0) is 40.2 Å². The fourth-order valence-electron chi connectivity index (χ4n) is 1.79. The molecule has 1 amide bonds. The van der Waals surface area contributed by atoms with Crippen LogP contribution < -0.4 is 10.6 Å². The summed E-state index contributed by atoms with van der Waals surface area (Å²) in [5, 5.41) is 6.29. The summed E-state index contributed by atoms with van der Waals surface area (Å²) in [5.74, 6) is 0.367. The maximum Gasteiger partial charge on any atom is 0.224 e. The molecule has 0 bridgehead atoms. The highest BCUT2D eigenvalue weighted by Gasteiger charge is 2.27. The fourth-order valence-corrected chi connectivity index (χ4v) is 1.79. The molecule has 0 aromatic carbocycles. The molecule has 1 rings (SSSR count). The lowest BCUT2D eigenvalue weighted by molar-refractivity contribution is -0.127. The summed E-state index contributed by atoms with van der Waals surface area (Å²) < 4.78 is 0. The van der Waals surface area contributed by atoms with Crippen molar-refractivity contribution >= 4 is 18.3 Å². The number of rotatable bonds is 2. The van der Waals surface area contributed by atoms with E-state index in [1.165, 1.54) is 0 Å². The number of hydrogen-bond acceptors (Lipinski definition) is 2. The highest BCUT2D eigenvalue weighted by molar-refractivity contribution is 5.85. The van der Waals surface area contributed by atoms with Crippen molar-refractivity contribution in [2.24, 2.45) is 5.92 Å². The number of hydrogen-bond donors (Lipinski definition) is 2. The summed E-state index contributed by atoms with van der Waals surface area (Å²) >= 11 is 0. The lowest BCUT2D eigenvalue weighted by atomic mass is 9.91. The van der Waals surface area contributed by atoms with Crippen LogP contribution in [0.2, 0.25) is 0 Å². The van der Waals surface area contributed by atoms with Gasteiger partial charge in [-0.2, -0.15) is 0 Å². The highest BCUT2D eigenvalue weighted by atomic mass is 35.5. The molecule has 0 aliphatic carbocycles. The quantitative estimate of drug-likeness (QED) is 0.737. The van der Waals surface area contributed by atoms with Crippen molar-refractivity contribution in [3.63, 3.8) is 0 Å². The van der Waals surface area contributed by atoms with Crippen LogP contribution in [0.3, 0.4) is 0 Å². The average molecular weight is 221 g/mol. The molecule has 0 aromatic heterocycles. The molecule has 1 aliphatic rings. The molecule has 2 N–H and O–H groups in total. The van der Waals surface area contributed by atoms with E-state index in [0.717, 1.165) is 19.4 Å². The molecule has 84 valence electrons. The second-order valence-electron chi connectivity index (χ2n) is 4.15. The van der Waals surface area contributed by atoms with E-state index >= 15 is 0 Å². The van der Waals surface area contributed by atoms with Gasteiger partial charge < -0.3 is 10.6 Å². The summed E-state index contributed by atoms with van der Waals surface area (Å²) in [5.41, 5.74) is 0. The third kappa shape index (κ3) is 3.84. The van der Waals surface area contributed by atoms with E-state index in [-0.39, 0.29) is 30.3 Å². The predicted octanol–water partition coefficient (Wildman–Crippen LogP) is 1.32. The Morgan fingerprint density at radius 1 is 1.50 bits per heavy atom. The molecule has 0 radical (unpaired) electrons. The lowest BCUT2D eigenvalue weighted by Gasteiger charge is -2.29. The van der Waals surface area contributed by atoms with Gasteiger partial charge in [0.2, 0.25) is 5.91 Å². The monoisotopic (exact) mass is 220 g/mol. The third-order valence-corrected chi connectivity index (χ3v) is 2.53. The molecular weight excluding hydrogens is 200 g/mol. The van der Waals surface area contributed by atoms with Gasteiger partial charge in [0.05, 0.1) is 5.92 Å². The second kappa shape index (κ2) is 6.25. The molecular formula is C10H21ClN2O. The Labute approximate surface area is 92.4 Å². The van der Waals surface area contributed by atoms with Crippen molar-refractivity contribution in [1.82, 2.24) is 10.6 Å². The second-order valence-corrected chi connectivity index (χ2v) is 4.15. The zero-order chi connectivity index (χ0) is 9.84. The number of piperidine rings is 1. The van der Waals surface area contributed by atoms with Crippen molar-refractivity contribution in [1.29, 1.82) is 0 Å². The molecule has 1 saturated heterocycles. The van der Waals surface area contributed by atoms with Gasteiger partial charge in [-0.3, -0.25) is 4.79 Å². The SMILES string of the molecule is CC(C)NC(=O)[C@@H]1CCCN[C@@H]1C.Cl. The average Bonchev–Trinajstić information content (AvgIpc) is 2.03. The van der Waals surface area contributed by atoms with Gasteiger partial charge >= 0.3 is 0 Å². The van der Waals surface area contributed by atoms with Crippen LogP contribution in [0.5, 0.6) is 0 Å². The van der Waals surface area contributed by atoms with Gasteiger partial charge in [0.25, 0.3) is 0 Å². The first-order valence-corrected chi connectivity index (χ1v) is 5.15. The Hall–Kier alpha value is -0.280. The summed E-state index contributed by atoms with van der Waals surface area (Å²) in [7, 11) is 0. The standard InChI is InChI=1S/C10H20N2O.ClH/c1-7(2)12-10(13)9-5-4-6-11-8(9)3;/h7-9,11H,4-6H2,1-3H3,(H,12,13);1H/t8-,9-;/m1./s1. The van der Waals surface area contributed by atoms with Crippen LogP contribution in [-0.2, 0) is 4.79 Å². The normalized spacial score (nSPS) is 26.9. The zero-order valence-electron chi connectivity index (χ0n) is 9.17. The largest absolute Gasteiger partial charge is 0.354 e. The minimum Gasteiger partial charge on any atom is -0.354 e. The van der Waals surface area contributed by atoms with Gasteiger partial charge in [-0.25, -0.2) is 0 Å². The first kappa shape index (κ1) is 13.7. The first-order chi connectivity index (χ1) is 6.11. The molecule has 4 heteroatoms. The van der Waals surface area contributed by atoms with Crippen LogP contribution in [0.15, 0.2) is 0 Å². The summed E-state index contributed by atoms with van der Waals surface area (Å²) in [4.78, 5) is 11.7. The molecule has 0 unspecified atom stereocenters. The van der Waals surface area contributed by atoms with Gasteiger partial charge in [-0.1, -0.05) is 0 Å². The van der Waals surface area contributed by atoms with Gasteiger partial charge in [0.1, 0.15) is 0 Å². The smallest absolute Gasteiger partial charge is 0.224 e.